The van der Waals surface area contributed by atoms with Gasteiger partial charge in [-0.15, -0.1) is 0 Å². The van der Waals surface area contributed by atoms with Crippen molar-refractivity contribution in [1.82, 2.24) is 9.88 Å². The molecule has 0 bridgehead atoms. The van der Waals surface area contributed by atoms with Gasteiger partial charge in [-0.25, -0.2) is 4.98 Å². The normalized spacial score (nSPS) is 18.4. The molecule has 0 spiro atoms. The van der Waals surface area contributed by atoms with E-state index in [0.29, 0.717) is 18.2 Å². The second kappa shape index (κ2) is 5.79. The molecular formula is C15H21N3O2. The molecule has 1 saturated heterocycles. The van der Waals surface area contributed by atoms with Crippen molar-refractivity contribution < 1.29 is 9.90 Å². The number of amides is 1. The number of carbonyl (C=O) groups is 1. The second-order valence-corrected chi connectivity index (χ2v) is 5.55. The summed E-state index contributed by atoms with van der Waals surface area (Å²) in [5, 5.41) is 9.08. The van der Waals surface area contributed by atoms with E-state index in [9.17, 15) is 4.79 Å². The van der Waals surface area contributed by atoms with Crippen LogP contribution in [0.2, 0.25) is 0 Å². The second-order valence-electron chi connectivity index (χ2n) is 5.55. The fourth-order valence-electron chi connectivity index (χ4n) is 2.76. The van der Waals surface area contributed by atoms with E-state index >= 15 is 0 Å². The molecular weight excluding hydrogens is 254 g/mol. The number of pyridine rings is 1. The minimum atomic E-state index is -0.0120. The molecule has 1 aliphatic heterocycles. The van der Waals surface area contributed by atoms with Crippen molar-refractivity contribution in [2.75, 3.05) is 31.1 Å². The van der Waals surface area contributed by atoms with E-state index in [1.54, 1.807) is 11.1 Å². The molecule has 1 aromatic heterocycles. The first-order valence-electron chi connectivity index (χ1n) is 7.42. The highest BCUT2D eigenvalue weighted by atomic mass is 16.3. The van der Waals surface area contributed by atoms with Crippen LogP contribution in [0.3, 0.4) is 0 Å². The van der Waals surface area contributed by atoms with Crippen LogP contribution in [-0.2, 0) is 0 Å². The van der Waals surface area contributed by atoms with Gasteiger partial charge in [0.05, 0.1) is 12.2 Å². The lowest BCUT2D eigenvalue weighted by Crippen LogP contribution is -2.35. The van der Waals surface area contributed by atoms with Gasteiger partial charge in [-0.2, -0.15) is 0 Å². The van der Waals surface area contributed by atoms with Crippen LogP contribution in [0.5, 0.6) is 0 Å². The molecule has 1 N–H and O–H groups in total. The lowest BCUT2D eigenvalue weighted by Gasteiger charge is -2.22. The van der Waals surface area contributed by atoms with Gasteiger partial charge in [-0.05, 0) is 37.8 Å². The Hall–Kier alpha value is -1.62. The maximum atomic E-state index is 12.4. The molecule has 2 fully saturated rings. The number of aromatic nitrogens is 1. The number of nitrogens with zero attached hydrogens (tertiary/aromatic N) is 3. The molecule has 0 radical (unpaired) electrons. The Bertz CT molecular complexity index is 465. The molecule has 2 aliphatic rings. The molecule has 1 aromatic rings. The molecule has 0 aromatic carbocycles. The first-order chi connectivity index (χ1) is 9.79. The zero-order chi connectivity index (χ0) is 13.9. The van der Waals surface area contributed by atoms with Crippen LogP contribution in [0, 0.1) is 0 Å². The minimum absolute atomic E-state index is 0.0120. The lowest BCUT2D eigenvalue weighted by molar-refractivity contribution is 0.0707. The first-order valence-corrected chi connectivity index (χ1v) is 7.42. The lowest BCUT2D eigenvalue weighted by atomic mass is 10.2. The fourth-order valence-corrected chi connectivity index (χ4v) is 2.76. The van der Waals surface area contributed by atoms with E-state index in [2.05, 4.69) is 9.88 Å². The number of aliphatic hydroxyl groups excluding tert-OH is 1. The molecule has 5 nitrogen and oxygen atoms in total. The highest BCUT2D eigenvalue weighted by Gasteiger charge is 2.32. The van der Waals surface area contributed by atoms with Gasteiger partial charge in [0, 0.05) is 31.9 Å². The SMILES string of the molecule is O=C(c1ccc(N2CCCC2)nc1)N(CCO)C1CC1. The van der Waals surface area contributed by atoms with Gasteiger partial charge in [0.2, 0.25) is 0 Å². The molecule has 108 valence electrons. The van der Waals surface area contributed by atoms with Crippen LogP contribution in [0.4, 0.5) is 5.82 Å². The topological polar surface area (TPSA) is 56.7 Å². The van der Waals surface area contributed by atoms with Crippen LogP contribution in [0.15, 0.2) is 18.3 Å². The molecule has 1 saturated carbocycles. The van der Waals surface area contributed by atoms with E-state index in [0.717, 1.165) is 31.7 Å². The maximum Gasteiger partial charge on any atom is 0.255 e. The van der Waals surface area contributed by atoms with Gasteiger partial charge in [-0.1, -0.05) is 0 Å². The monoisotopic (exact) mass is 275 g/mol. The van der Waals surface area contributed by atoms with Gasteiger partial charge in [0.15, 0.2) is 0 Å². The van der Waals surface area contributed by atoms with E-state index in [1.807, 2.05) is 12.1 Å². The predicted octanol–water partition coefficient (Wildman–Crippen LogP) is 1.28. The number of aliphatic hydroxyl groups is 1. The third kappa shape index (κ3) is 2.77. The summed E-state index contributed by atoms with van der Waals surface area (Å²) in [4.78, 5) is 20.9. The zero-order valence-corrected chi connectivity index (χ0v) is 11.7. The summed E-state index contributed by atoms with van der Waals surface area (Å²) in [7, 11) is 0. The number of rotatable bonds is 5. The Labute approximate surface area is 119 Å². The minimum Gasteiger partial charge on any atom is -0.395 e. The van der Waals surface area contributed by atoms with Crippen LogP contribution in [-0.4, -0.2) is 53.2 Å². The average molecular weight is 275 g/mol. The Morgan fingerprint density at radius 1 is 1.35 bits per heavy atom. The fraction of sp³-hybridized carbons (Fsp3) is 0.600. The predicted molar refractivity (Wildman–Crippen MR) is 76.8 cm³/mol. The van der Waals surface area contributed by atoms with Crippen LogP contribution < -0.4 is 4.90 Å². The van der Waals surface area contributed by atoms with Crippen LogP contribution in [0.25, 0.3) is 0 Å². The van der Waals surface area contributed by atoms with Crippen molar-refractivity contribution in [3.8, 4) is 0 Å². The van der Waals surface area contributed by atoms with Crippen molar-refractivity contribution in [2.24, 2.45) is 0 Å². The van der Waals surface area contributed by atoms with Crippen LogP contribution in [0.1, 0.15) is 36.0 Å². The van der Waals surface area contributed by atoms with Crippen molar-refractivity contribution in [1.29, 1.82) is 0 Å². The van der Waals surface area contributed by atoms with E-state index in [-0.39, 0.29) is 12.5 Å². The summed E-state index contributed by atoms with van der Waals surface area (Å²) in [5.74, 6) is 0.946. The van der Waals surface area contributed by atoms with E-state index in [4.69, 9.17) is 5.11 Å². The van der Waals surface area contributed by atoms with Crippen molar-refractivity contribution >= 4 is 11.7 Å². The number of hydrogen-bond acceptors (Lipinski definition) is 4. The Morgan fingerprint density at radius 2 is 2.10 bits per heavy atom. The van der Waals surface area contributed by atoms with Crippen molar-refractivity contribution in [3.05, 3.63) is 23.9 Å². The standard InChI is InChI=1S/C15H21N3O2/c19-10-9-18(13-4-5-13)15(20)12-3-6-14(16-11-12)17-7-1-2-8-17/h3,6,11,13,19H,1-2,4-5,7-10H2. The molecule has 2 heterocycles. The third-order valence-electron chi connectivity index (χ3n) is 4.01. The Balaban J connectivity index is 1.70. The number of carbonyl (C=O) groups excluding carboxylic acids is 1. The summed E-state index contributed by atoms with van der Waals surface area (Å²) in [6, 6.07) is 4.10. The Kier molecular flexibility index (Phi) is 3.87. The van der Waals surface area contributed by atoms with Gasteiger partial charge >= 0.3 is 0 Å². The molecule has 3 rings (SSSR count). The molecule has 1 amide bonds. The molecule has 0 unspecified atom stereocenters. The average Bonchev–Trinajstić information content (AvgIpc) is 3.17. The quantitative estimate of drug-likeness (QED) is 0.879. The maximum absolute atomic E-state index is 12.4. The van der Waals surface area contributed by atoms with Crippen molar-refractivity contribution in [2.45, 2.75) is 31.7 Å². The summed E-state index contributed by atoms with van der Waals surface area (Å²) >= 11 is 0. The number of anilines is 1. The molecule has 5 heteroatoms. The molecule has 20 heavy (non-hydrogen) atoms. The van der Waals surface area contributed by atoms with Gasteiger partial charge in [-0.3, -0.25) is 4.79 Å². The smallest absolute Gasteiger partial charge is 0.255 e. The van der Waals surface area contributed by atoms with Gasteiger partial charge in [0.1, 0.15) is 5.82 Å². The largest absolute Gasteiger partial charge is 0.395 e. The first kappa shape index (κ1) is 13.4. The summed E-state index contributed by atoms with van der Waals surface area (Å²) in [5.41, 5.74) is 0.619. The van der Waals surface area contributed by atoms with Gasteiger partial charge < -0.3 is 14.9 Å². The van der Waals surface area contributed by atoms with E-state index < -0.39 is 0 Å². The zero-order valence-electron chi connectivity index (χ0n) is 11.7. The van der Waals surface area contributed by atoms with Gasteiger partial charge in [0.25, 0.3) is 5.91 Å². The van der Waals surface area contributed by atoms with Crippen LogP contribution >= 0.6 is 0 Å². The summed E-state index contributed by atoms with van der Waals surface area (Å²) in [6.45, 7) is 2.54. The highest BCUT2D eigenvalue weighted by molar-refractivity contribution is 5.94. The number of hydrogen-bond donors (Lipinski definition) is 1. The Morgan fingerprint density at radius 3 is 2.65 bits per heavy atom. The third-order valence-corrected chi connectivity index (χ3v) is 4.01. The summed E-state index contributed by atoms with van der Waals surface area (Å²) < 4.78 is 0. The van der Waals surface area contributed by atoms with Crippen molar-refractivity contribution in [3.63, 3.8) is 0 Å². The molecule has 1 aliphatic carbocycles. The summed E-state index contributed by atoms with van der Waals surface area (Å²) in [6.07, 6.45) is 6.20. The highest BCUT2D eigenvalue weighted by Crippen LogP contribution is 2.28. The molecule has 0 atom stereocenters. The van der Waals surface area contributed by atoms with E-state index in [1.165, 1.54) is 12.8 Å².